The zero-order valence-corrected chi connectivity index (χ0v) is 8.23. The van der Waals surface area contributed by atoms with E-state index in [1.54, 1.807) is 17.5 Å². The van der Waals surface area contributed by atoms with Crippen molar-refractivity contribution < 1.29 is 0 Å². The van der Waals surface area contributed by atoms with Gasteiger partial charge in [0.25, 0.3) is 0 Å². The van der Waals surface area contributed by atoms with Crippen LogP contribution in [0.4, 0.5) is 0 Å². The molecule has 66 valence electrons. The van der Waals surface area contributed by atoms with Gasteiger partial charge in [-0.05, 0) is 37.2 Å². The normalized spacial score (nSPS) is 15.8. The maximum atomic E-state index is 4.12. The lowest BCUT2D eigenvalue weighted by Gasteiger charge is -2.05. The van der Waals surface area contributed by atoms with E-state index in [0.29, 0.717) is 0 Å². The van der Waals surface area contributed by atoms with E-state index in [9.17, 15) is 0 Å². The van der Waals surface area contributed by atoms with Gasteiger partial charge in [-0.25, -0.2) is 4.98 Å². The van der Waals surface area contributed by atoms with E-state index in [1.807, 2.05) is 5.38 Å². The maximum absolute atomic E-state index is 4.12. The van der Waals surface area contributed by atoms with Gasteiger partial charge in [-0.3, -0.25) is 0 Å². The van der Waals surface area contributed by atoms with Crippen LogP contribution in [0.25, 0.3) is 0 Å². The van der Waals surface area contributed by atoms with Crippen molar-refractivity contribution in [1.82, 2.24) is 4.98 Å². The molecule has 1 heterocycles. The molecule has 13 heavy (non-hydrogen) atoms. The first-order chi connectivity index (χ1) is 6.45. The van der Waals surface area contributed by atoms with Crippen molar-refractivity contribution in [3.8, 4) is 11.8 Å². The van der Waals surface area contributed by atoms with Crippen molar-refractivity contribution in [3.05, 3.63) is 28.2 Å². The second kappa shape index (κ2) is 4.25. The Balaban J connectivity index is 2.07. The Morgan fingerprint density at radius 3 is 3.00 bits per heavy atom. The zero-order chi connectivity index (χ0) is 8.93. The van der Waals surface area contributed by atoms with Crippen LogP contribution in [0, 0.1) is 11.8 Å². The number of rotatable bonds is 0. The molecule has 0 bridgehead atoms. The molecule has 0 aliphatic heterocycles. The third-order valence-corrected chi connectivity index (χ3v) is 2.74. The third kappa shape index (κ3) is 2.43. The van der Waals surface area contributed by atoms with E-state index in [2.05, 4.69) is 22.9 Å². The topological polar surface area (TPSA) is 12.9 Å². The summed E-state index contributed by atoms with van der Waals surface area (Å²) in [5, 5.41) is 2.88. The minimum atomic E-state index is 0.923. The lowest BCUT2D eigenvalue weighted by Crippen LogP contribution is -1.88. The Morgan fingerprint density at radius 2 is 2.31 bits per heavy atom. The van der Waals surface area contributed by atoms with E-state index < -0.39 is 0 Å². The van der Waals surface area contributed by atoms with Gasteiger partial charge in [0, 0.05) is 11.6 Å². The second-order valence-electron chi connectivity index (χ2n) is 3.06. The molecule has 0 N–H and O–H groups in total. The predicted molar refractivity (Wildman–Crippen MR) is 55.5 cm³/mol. The Bertz CT molecular complexity index is 351. The highest BCUT2D eigenvalue weighted by atomic mass is 32.1. The Morgan fingerprint density at radius 1 is 1.31 bits per heavy atom. The summed E-state index contributed by atoms with van der Waals surface area (Å²) >= 11 is 1.60. The van der Waals surface area contributed by atoms with Crippen LogP contribution in [-0.4, -0.2) is 4.98 Å². The van der Waals surface area contributed by atoms with Gasteiger partial charge in [0.05, 0.1) is 0 Å². The first kappa shape index (κ1) is 8.52. The summed E-state index contributed by atoms with van der Waals surface area (Å²) in [5.41, 5.74) is 1.29. The predicted octanol–water partition coefficient (Wildman–Crippen LogP) is 3.00. The van der Waals surface area contributed by atoms with Crippen molar-refractivity contribution in [2.24, 2.45) is 0 Å². The number of hydrogen-bond acceptors (Lipinski definition) is 2. The van der Waals surface area contributed by atoms with E-state index in [1.165, 1.54) is 24.8 Å². The molecule has 0 unspecified atom stereocenters. The number of hydrogen-bond donors (Lipinski definition) is 0. The molecule has 2 rings (SSSR count). The molecule has 0 atom stereocenters. The largest absolute Gasteiger partial charge is 0.236 e. The number of thiazole rings is 1. The molecule has 1 aromatic rings. The highest BCUT2D eigenvalue weighted by Crippen LogP contribution is 2.16. The fourth-order valence-electron chi connectivity index (χ4n) is 1.37. The second-order valence-corrected chi connectivity index (χ2v) is 3.96. The van der Waals surface area contributed by atoms with Crippen molar-refractivity contribution in [2.75, 3.05) is 0 Å². The SMILES string of the molecule is C(#Cc1nccs1)C1=CCCCC1. The highest BCUT2D eigenvalue weighted by molar-refractivity contribution is 7.10. The van der Waals surface area contributed by atoms with Gasteiger partial charge in [-0.15, -0.1) is 11.3 Å². The van der Waals surface area contributed by atoms with E-state index >= 15 is 0 Å². The first-order valence-corrected chi connectivity index (χ1v) is 5.44. The summed E-state index contributed by atoms with van der Waals surface area (Å²) in [6.07, 6.45) is 9.01. The molecule has 1 aromatic heterocycles. The Hall–Kier alpha value is -1.07. The van der Waals surface area contributed by atoms with Gasteiger partial charge in [-0.1, -0.05) is 12.0 Å². The lowest BCUT2D eigenvalue weighted by atomic mass is 10.0. The molecule has 1 aliphatic rings. The zero-order valence-electron chi connectivity index (χ0n) is 7.42. The molecule has 0 radical (unpaired) electrons. The molecular weight excluding hydrogens is 178 g/mol. The molecular formula is C11H11NS. The highest BCUT2D eigenvalue weighted by Gasteiger charge is 1.99. The lowest BCUT2D eigenvalue weighted by molar-refractivity contribution is 0.715. The quantitative estimate of drug-likeness (QED) is 0.572. The molecule has 0 fully saturated rings. The molecule has 0 amide bonds. The molecule has 0 spiro atoms. The van der Waals surface area contributed by atoms with Crippen molar-refractivity contribution in [3.63, 3.8) is 0 Å². The average molecular weight is 189 g/mol. The van der Waals surface area contributed by atoms with Crippen molar-refractivity contribution in [2.45, 2.75) is 25.7 Å². The van der Waals surface area contributed by atoms with Crippen LogP contribution in [0.5, 0.6) is 0 Å². The number of aromatic nitrogens is 1. The number of nitrogens with zero attached hydrogens (tertiary/aromatic N) is 1. The Kier molecular flexibility index (Phi) is 2.79. The fraction of sp³-hybridized carbons (Fsp3) is 0.364. The first-order valence-electron chi connectivity index (χ1n) is 4.56. The van der Waals surface area contributed by atoms with Gasteiger partial charge in [0.15, 0.2) is 5.01 Å². The summed E-state index contributed by atoms with van der Waals surface area (Å²) in [6.45, 7) is 0. The standard InChI is InChI=1S/C11H11NS/c1-2-4-10(5-3-1)6-7-11-12-8-9-13-11/h4,8-9H,1-3,5H2. The van der Waals surface area contributed by atoms with Crippen LogP contribution in [0.1, 0.15) is 30.7 Å². The average Bonchev–Trinajstić information content (AvgIpc) is 2.69. The van der Waals surface area contributed by atoms with Crippen LogP contribution in [-0.2, 0) is 0 Å². The fourth-order valence-corrected chi connectivity index (χ4v) is 1.85. The minimum absolute atomic E-state index is 0.923. The molecule has 0 saturated heterocycles. The minimum Gasteiger partial charge on any atom is -0.236 e. The monoisotopic (exact) mass is 189 g/mol. The van der Waals surface area contributed by atoms with E-state index in [0.717, 1.165) is 11.4 Å². The van der Waals surface area contributed by atoms with Crippen LogP contribution >= 0.6 is 11.3 Å². The van der Waals surface area contributed by atoms with Gasteiger partial charge < -0.3 is 0 Å². The van der Waals surface area contributed by atoms with Gasteiger partial charge in [0.2, 0.25) is 0 Å². The molecule has 1 aliphatic carbocycles. The summed E-state index contributed by atoms with van der Waals surface area (Å²) in [6, 6.07) is 0. The van der Waals surface area contributed by atoms with E-state index in [-0.39, 0.29) is 0 Å². The summed E-state index contributed by atoms with van der Waals surface area (Å²) in [7, 11) is 0. The molecule has 0 saturated carbocycles. The number of allylic oxidation sites excluding steroid dienone is 2. The summed E-state index contributed by atoms with van der Waals surface area (Å²) < 4.78 is 0. The summed E-state index contributed by atoms with van der Waals surface area (Å²) in [5.74, 6) is 6.27. The molecule has 2 heteroatoms. The molecule has 1 nitrogen and oxygen atoms in total. The van der Waals surface area contributed by atoms with Crippen LogP contribution in [0.3, 0.4) is 0 Å². The van der Waals surface area contributed by atoms with Crippen molar-refractivity contribution >= 4 is 11.3 Å². The Labute approximate surface area is 82.5 Å². The van der Waals surface area contributed by atoms with Gasteiger partial charge in [0.1, 0.15) is 0 Å². The van der Waals surface area contributed by atoms with E-state index in [4.69, 9.17) is 0 Å². The van der Waals surface area contributed by atoms with Gasteiger partial charge >= 0.3 is 0 Å². The van der Waals surface area contributed by atoms with Crippen LogP contribution < -0.4 is 0 Å². The van der Waals surface area contributed by atoms with Gasteiger partial charge in [-0.2, -0.15) is 0 Å². The maximum Gasteiger partial charge on any atom is 0.167 e. The van der Waals surface area contributed by atoms with Crippen molar-refractivity contribution in [1.29, 1.82) is 0 Å². The van der Waals surface area contributed by atoms with Crippen LogP contribution in [0.15, 0.2) is 23.2 Å². The summed E-state index contributed by atoms with van der Waals surface area (Å²) in [4.78, 5) is 4.12. The molecule has 0 aromatic carbocycles. The third-order valence-electron chi connectivity index (χ3n) is 2.05. The smallest absolute Gasteiger partial charge is 0.167 e. The van der Waals surface area contributed by atoms with Crippen LogP contribution in [0.2, 0.25) is 0 Å².